The number of halogens is 1. The van der Waals surface area contributed by atoms with E-state index in [2.05, 4.69) is 16.4 Å². The Hall–Kier alpha value is -3.35. The Kier molecular flexibility index (Phi) is 4.97. The number of amides is 1. The molecule has 0 saturated heterocycles. The third kappa shape index (κ3) is 3.55. The minimum atomic E-state index is -0.543. The van der Waals surface area contributed by atoms with Crippen LogP contribution in [0.2, 0.25) is 5.02 Å². The Balaban J connectivity index is 1.62. The van der Waals surface area contributed by atoms with Crippen molar-refractivity contribution in [1.29, 1.82) is 0 Å². The number of aromatic nitrogens is 2. The van der Waals surface area contributed by atoms with Crippen molar-refractivity contribution in [3.63, 3.8) is 0 Å². The number of nitrogens with zero attached hydrogens (tertiary/aromatic N) is 2. The largest absolute Gasteiger partial charge is 0.381 e. The minimum absolute atomic E-state index is 0.379. The van der Waals surface area contributed by atoms with E-state index in [1.807, 2.05) is 41.1 Å². The minimum Gasteiger partial charge on any atom is -0.381 e. The molecule has 0 saturated carbocycles. The summed E-state index contributed by atoms with van der Waals surface area (Å²) in [6.45, 7) is 0.546. The first kappa shape index (κ1) is 18.0. The molecule has 2 aromatic heterocycles. The topological polar surface area (TPSA) is 78.7 Å². The number of imidazole rings is 1. The smallest absolute Gasteiger partial charge is 0.274 e. The summed E-state index contributed by atoms with van der Waals surface area (Å²) in [6.07, 6.45) is 5.67. The maximum atomic E-state index is 11.4. The number of anilines is 1. The van der Waals surface area contributed by atoms with Crippen LogP contribution in [0, 0.1) is 0 Å². The molecule has 0 aliphatic rings. The SMILES string of the molecule is O=C(NO)c1ccc(NCc2cc(-c3ccccc3Cl)cn3ccnc23)cc1. The van der Waals surface area contributed by atoms with Crippen LogP contribution in [-0.2, 0) is 6.54 Å². The Morgan fingerprint density at radius 2 is 1.93 bits per heavy atom. The highest BCUT2D eigenvalue weighted by Crippen LogP contribution is 2.29. The third-order valence-corrected chi connectivity index (χ3v) is 4.81. The monoisotopic (exact) mass is 392 g/mol. The van der Waals surface area contributed by atoms with E-state index in [0.29, 0.717) is 17.1 Å². The van der Waals surface area contributed by atoms with Gasteiger partial charge in [0.15, 0.2) is 0 Å². The van der Waals surface area contributed by atoms with E-state index in [9.17, 15) is 4.79 Å². The molecule has 28 heavy (non-hydrogen) atoms. The van der Waals surface area contributed by atoms with Crippen LogP contribution in [0.15, 0.2) is 73.2 Å². The summed E-state index contributed by atoms with van der Waals surface area (Å²) >= 11 is 6.37. The Morgan fingerprint density at radius 1 is 1.14 bits per heavy atom. The van der Waals surface area contributed by atoms with E-state index in [1.54, 1.807) is 35.9 Å². The molecule has 140 valence electrons. The maximum Gasteiger partial charge on any atom is 0.274 e. The number of carbonyl (C=O) groups is 1. The van der Waals surface area contributed by atoms with Gasteiger partial charge in [-0.05, 0) is 36.4 Å². The van der Waals surface area contributed by atoms with Crippen molar-refractivity contribution >= 4 is 28.8 Å². The zero-order chi connectivity index (χ0) is 19.5. The van der Waals surface area contributed by atoms with Crippen LogP contribution < -0.4 is 10.8 Å². The molecule has 3 N–H and O–H groups in total. The van der Waals surface area contributed by atoms with Gasteiger partial charge in [-0.1, -0.05) is 29.8 Å². The summed E-state index contributed by atoms with van der Waals surface area (Å²) < 4.78 is 1.98. The van der Waals surface area contributed by atoms with Gasteiger partial charge in [0.05, 0.1) is 0 Å². The van der Waals surface area contributed by atoms with Crippen molar-refractivity contribution in [1.82, 2.24) is 14.9 Å². The fourth-order valence-corrected chi connectivity index (χ4v) is 3.32. The van der Waals surface area contributed by atoms with Gasteiger partial charge in [-0.2, -0.15) is 0 Å². The molecule has 0 unspecified atom stereocenters. The molecule has 6 nitrogen and oxygen atoms in total. The first-order valence-corrected chi connectivity index (χ1v) is 9.02. The highest BCUT2D eigenvalue weighted by atomic mass is 35.5. The molecule has 0 bridgehead atoms. The number of hydroxylamine groups is 1. The number of rotatable bonds is 5. The van der Waals surface area contributed by atoms with E-state index in [0.717, 1.165) is 28.0 Å². The van der Waals surface area contributed by atoms with Gasteiger partial charge in [-0.3, -0.25) is 10.0 Å². The molecule has 0 atom stereocenters. The van der Waals surface area contributed by atoms with Crippen LogP contribution in [0.1, 0.15) is 15.9 Å². The number of fused-ring (bicyclic) bond motifs is 1. The van der Waals surface area contributed by atoms with Crippen molar-refractivity contribution in [3.05, 3.63) is 89.3 Å². The lowest BCUT2D eigenvalue weighted by Gasteiger charge is -2.12. The van der Waals surface area contributed by atoms with Gasteiger partial charge in [-0.25, -0.2) is 10.5 Å². The molecule has 0 radical (unpaired) electrons. The highest BCUT2D eigenvalue weighted by molar-refractivity contribution is 6.33. The van der Waals surface area contributed by atoms with Crippen LogP contribution >= 0.6 is 11.6 Å². The van der Waals surface area contributed by atoms with Gasteiger partial charge in [0.25, 0.3) is 5.91 Å². The van der Waals surface area contributed by atoms with E-state index in [4.69, 9.17) is 16.8 Å². The van der Waals surface area contributed by atoms with Gasteiger partial charge in [0, 0.05) is 58.1 Å². The van der Waals surface area contributed by atoms with Gasteiger partial charge >= 0.3 is 0 Å². The number of benzene rings is 2. The molecular weight excluding hydrogens is 376 g/mol. The molecule has 0 spiro atoms. The fourth-order valence-electron chi connectivity index (χ4n) is 3.08. The van der Waals surface area contributed by atoms with E-state index >= 15 is 0 Å². The predicted octanol–water partition coefficient (Wildman–Crippen LogP) is 4.39. The van der Waals surface area contributed by atoms with Crippen LogP contribution in [0.5, 0.6) is 0 Å². The second-order valence-corrected chi connectivity index (χ2v) is 6.67. The summed E-state index contributed by atoms with van der Waals surface area (Å²) in [5.41, 5.74) is 6.68. The average molecular weight is 393 g/mol. The first-order valence-electron chi connectivity index (χ1n) is 8.64. The van der Waals surface area contributed by atoms with Crippen molar-refractivity contribution in [2.24, 2.45) is 0 Å². The van der Waals surface area contributed by atoms with Crippen molar-refractivity contribution in [2.75, 3.05) is 5.32 Å². The Morgan fingerprint density at radius 3 is 2.68 bits per heavy atom. The zero-order valence-corrected chi connectivity index (χ0v) is 15.5. The van der Waals surface area contributed by atoms with Crippen LogP contribution in [-0.4, -0.2) is 20.5 Å². The first-order chi connectivity index (χ1) is 13.7. The number of hydrogen-bond donors (Lipinski definition) is 3. The number of carbonyl (C=O) groups excluding carboxylic acids is 1. The van der Waals surface area contributed by atoms with E-state index < -0.39 is 5.91 Å². The molecule has 4 rings (SSSR count). The van der Waals surface area contributed by atoms with Crippen LogP contribution in [0.4, 0.5) is 5.69 Å². The molecule has 0 aliphatic carbocycles. The molecule has 4 aromatic rings. The van der Waals surface area contributed by atoms with Gasteiger partial charge in [0.2, 0.25) is 0 Å². The fraction of sp³-hybridized carbons (Fsp3) is 0.0476. The molecule has 0 fully saturated rings. The van der Waals surface area contributed by atoms with Crippen molar-refractivity contribution in [2.45, 2.75) is 6.54 Å². The lowest BCUT2D eigenvalue weighted by Crippen LogP contribution is -2.18. The lowest BCUT2D eigenvalue weighted by atomic mass is 10.1. The van der Waals surface area contributed by atoms with Crippen LogP contribution in [0.3, 0.4) is 0 Å². The Labute approximate surface area is 166 Å². The Bertz CT molecular complexity index is 1140. The van der Waals surface area contributed by atoms with E-state index in [-0.39, 0.29) is 0 Å². The molecule has 0 aliphatic heterocycles. The number of pyridine rings is 1. The summed E-state index contributed by atoms with van der Waals surface area (Å²) in [5, 5.41) is 12.7. The highest BCUT2D eigenvalue weighted by Gasteiger charge is 2.10. The van der Waals surface area contributed by atoms with Gasteiger partial charge < -0.3 is 9.72 Å². The molecule has 1 amide bonds. The van der Waals surface area contributed by atoms with Crippen molar-refractivity contribution in [3.8, 4) is 11.1 Å². The summed E-state index contributed by atoms with van der Waals surface area (Å²) in [7, 11) is 0. The van der Waals surface area contributed by atoms with E-state index in [1.165, 1.54) is 0 Å². The molecule has 2 aromatic carbocycles. The molecule has 7 heteroatoms. The van der Waals surface area contributed by atoms with Gasteiger partial charge in [-0.15, -0.1) is 0 Å². The standard InChI is InChI=1S/C21H17ClN4O2/c22-19-4-2-1-3-18(19)16-11-15(20-23-9-10-26(20)13-16)12-24-17-7-5-14(6-8-17)21(27)25-28/h1-11,13,24,28H,12H2,(H,25,27). The quantitative estimate of drug-likeness (QED) is 0.348. The average Bonchev–Trinajstić information content (AvgIpc) is 3.21. The van der Waals surface area contributed by atoms with Crippen LogP contribution in [0.25, 0.3) is 16.8 Å². The normalized spacial score (nSPS) is 10.8. The van der Waals surface area contributed by atoms with Gasteiger partial charge in [0.1, 0.15) is 5.65 Å². The molecular formula is C21H17ClN4O2. The second kappa shape index (κ2) is 7.72. The predicted molar refractivity (Wildman–Crippen MR) is 109 cm³/mol. The zero-order valence-electron chi connectivity index (χ0n) is 14.8. The molecule has 2 heterocycles. The lowest BCUT2D eigenvalue weighted by molar-refractivity contribution is 0.0706. The number of nitrogens with one attached hydrogen (secondary N) is 2. The van der Waals surface area contributed by atoms with Crippen molar-refractivity contribution < 1.29 is 10.0 Å². The number of hydrogen-bond acceptors (Lipinski definition) is 4. The summed E-state index contributed by atoms with van der Waals surface area (Å²) in [4.78, 5) is 15.9. The third-order valence-electron chi connectivity index (χ3n) is 4.48. The second-order valence-electron chi connectivity index (χ2n) is 6.26. The maximum absolute atomic E-state index is 11.4. The summed E-state index contributed by atoms with van der Waals surface area (Å²) in [5.74, 6) is -0.543. The summed E-state index contributed by atoms with van der Waals surface area (Å²) in [6, 6.07) is 16.6.